The van der Waals surface area contributed by atoms with Crippen molar-refractivity contribution in [2.45, 2.75) is 0 Å². The van der Waals surface area contributed by atoms with E-state index in [1.165, 1.54) is 0 Å². The van der Waals surface area contributed by atoms with Crippen LogP contribution >= 0.6 is 0 Å². The van der Waals surface area contributed by atoms with Crippen LogP contribution in [0.15, 0.2) is 41.9 Å². The SMILES string of the molecule is Cn1ccc(/C=N/n2cccc2)n1. The Balaban J connectivity index is 2.14. The second kappa shape index (κ2) is 3.26. The Morgan fingerprint density at radius 2 is 2.08 bits per heavy atom. The van der Waals surface area contributed by atoms with E-state index in [1.54, 1.807) is 15.6 Å². The first kappa shape index (κ1) is 7.79. The normalized spacial score (nSPS) is 11.2. The fourth-order valence-corrected chi connectivity index (χ4v) is 1.03. The lowest BCUT2D eigenvalue weighted by molar-refractivity contribution is 0.764. The van der Waals surface area contributed by atoms with Gasteiger partial charge < -0.3 is 0 Å². The summed E-state index contributed by atoms with van der Waals surface area (Å²) in [5.41, 5.74) is 0.858. The van der Waals surface area contributed by atoms with Crippen LogP contribution in [0.25, 0.3) is 0 Å². The summed E-state index contributed by atoms with van der Waals surface area (Å²) >= 11 is 0. The molecular weight excluding hydrogens is 164 g/mol. The van der Waals surface area contributed by atoms with Gasteiger partial charge in [0.1, 0.15) is 5.69 Å². The van der Waals surface area contributed by atoms with Crippen LogP contribution < -0.4 is 0 Å². The van der Waals surface area contributed by atoms with Gasteiger partial charge in [-0.15, -0.1) is 0 Å². The number of aromatic nitrogens is 3. The number of hydrogen-bond donors (Lipinski definition) is 0. The van der Waals surface area contributed by atoms with Crippen LogP contribution in [0.2, 0.25) is 0 Å². The molecule has 4 nitrogen and oxygen atoms in total. The predicted molar refractivity (Wildman–Crippen MR) is 50.6 cm³/mol. The van der Waals surface area contributed by atoms with Gasteiger partial charge in [0.25, 0.3) is 0 Å². The largest absolute Gasteiger partial charge is 0.275 e. The standard InChI is InChI=1S/C9H10N4/c1-12-7-4-9(11-12)8-10-13-5-2-3-6-13/h2-8H,1H3/b10-8+. The van der Waals surface area contributed by atoms with Crippen LogP contribution in [-0.4, -0.2) is 20.7 Å². The van der Waals surface area contributed by atoms with Crippen molar-refractivity contribution in [3.8, 4) is 0 Å². The van der Waals surface area contributed by atoms with Crippen LogP contribution in [-0.2, 0) is 7.05 Å². The average Bonchev–Trinajstić information content (AvgIpc) is 2.71. The minimum atomic E-state index is 0.858. The van der Waals surface area contributed by atoms with E-state index in [9.17, 15) is 0 Å². The van der Waals surface area contributed by atoms with Crippen molar-refractivity contribution in [3.05, 3.63) is 42.5 Å². The maximum Gasteiger partial charge on any atom is 0.105 e. The van der Waals surface area contributed by atoms with E-state index in [2.05, 4.69) is 10.2 Å². The molecule has 2 rings (SSSR count). The molecule has 0 saturated carbocycles. The molecule has 0 aliphatic carbocycles. The molecule has 0 aromatic carbocycles. The molecule has 0 bridgehead atoms. The van der Waals surface area contributed by atoms with Crippen molar-refractivity contribution in [2.75, 3.05) is 0 Å². The lowest BCUT2D eigenvalue weighted by Gasteiger charge is -1.88. The third-order valence-electron chi connectivity index (χ3n) is 1.65. The zero-order valence-electron chi connectivity index (χ0n) is 7.33. The maximum absolute atomic E-state index is 4.17. The number of aryl methyl sites for hydroxylation is 1. The fraction of sp³-hybridized carbons (Fsp3) is 0.111. The van der Waals surface area contributed by atoms with Gasteiger partial charge >= 0.3 is 0 Å². The quantitative estimate of drug-likeness (QED) is 0.628. The minimum absolute atomic E-state index is 0.858. The topological polar surface area (TPSA) is 35.1 Å². The molecule has 66 valence electrons. The predicted octanol–water partition coefficient (Wildman–Crippen LogP) is 1.10. The van der Waals surface area contributed by atoms with E-state index >= 15 is 0 Å². The molecule has 0 aliphatic rings. The van der Waals surface area contributed by atoms with E-state index in [1.807, 2.05) is 43.8 Å². The van der Waals surface area contributed by atoms with Gasteiger partial charge in [0, 0.05) is 25.6 Å². The Morgan fingerprint density at radius 1 is 1.31 bits per heavy atom. The molecule has 13 heavy (non-hydrogen) atoms. The van der Waals surface area contributed by atoms with E-state index < -0.39 is 0 Å². The van der Waals surface area contributed by atoms with Crippen molar-refractivity contribution in [3.63, 3.8) is 0 Å². The van der Waals surface area contributed by atoms with Gasteiger partial charge in [-0.3, -0.25) is 4.68 Å². The van der Waals surface area contributed by atoms with Gasteiger partial charge in [-0.25, -0.2) is 4.68 Å². The van der Waals surface area contributed by atoms with Crippen LogP contribution in [0.1, 0.15) is 5.69 Å². The van der Waals surface area contributed by atoms with Crippen molar-refractivity contribution >= 4 is 6.21 Å². The first-order valence-corrected chi connectivity index (χ1v) is 4.01. The number of hydrogen-bond acceptors (Lipinski definition) is 2. The van der Waals surface area contributed by atoms with Crippen LogP contribution in [0.3, 0.4) is 0 Å². The summed E-state index contributed by atoms with van der Waals surface area (Å²) in [4.78, 5) is 0. The van der Waals surface area contributed by atoms with Gasteiger partial charge in [0.2, 0.25) is 0 Å². The van der Waals surface area contributed by atoms with Gasteiger partial charge in [-0.2, -0.15) is 10.2 Å². The van der Waals surface area contributed by atoms with E-state index in [4.69, 9.17) is 0 Å². The molecule has 2 aromatic rings. The van der Waals surface area contributed by atoms with Gasteiger partial charge in [-0.05, 0) is 18.2 Å². The molecule has 0 radical (unpaired) electrons. The Hall–Kier alpha value is -1.84. The Bertz CT molecular complexity index is 397. The minimum Gasteiger partial charge on any atom is -0.275 e. The van der Waals surface area contributed by atoms with Gasteiger partial charge in [0.05, 0.1) is 6.21 Å². The van der Waals surface area contributed by atoms with Gasteiger partial charge in [-0.1, -0.05) is 0 Å². The third kappa shape index (κ3) is 1.84. The smallest absolute Gasteiger partial charge is 0.105 e. The molecule has 0 amide bonds. The Labute approximate surface area is 76.1 Å². The highest BCUT2D eigenvalue weighted by Crippen LogP contribution is 1.92. The summed E-state index contributed by atoms with van der Waals surface area (Å²) in [6.45, 7) is 0. The lowest BCUT2D eigenvalue weighted by atomic mass is 10.5. The molecular formula is C9H10N4. The highest BCUT2D eigenvalue weighted by atomic mass is 15.3. The number of nitrogens with zero attached hydrogens (tertiary/aromatic N) is 4. The fourth-order valence-electron chi connectivity index (χ4n) is 1.03. The highest BCUT2D eigenvalue weighted by molar-refractivity contribution is 5.76. The first-order chi connectivity index (χ1) is 6.34. The van der Waals surface area contributed by atoms with Crippen LogP contribution in [0.5, 0.6) is 0 Å². The third-order valence-corrected chi connectivity index (χ3v) is 1.65. The zero-order valence-corrected chi connectivity index (χ0v) is 7.33. The first-order valence-electron chi connectivity index (χ1n) is 4.01. The summed E-state index contributed by atoms with van der Waals surface area (Å²) in [6, 6.07) is 5.76. The van der Waals surface area contributed by atoms with Crippen LogP contribution in [0, 0.1) is 0 Å². The van der Waals surface area contributed by atoms with E-state index in [0.717, 1.165) is 5.69 Å². The van der Waals surface area contributed by atoms with Crippen molar-refractivity contribution in [1.29, 1.82) is 0 Å². The molecule has 4 heteroatoms. The Morgan fingerprint density at radius 3 is 2.69 bits per heavy atom. The zero-order chi connectivity index (χ0) is 9.10. The van der Waals surface area contributed by atoms with E-state index in [0.29, 0.717) is 0 Å². The molecule has 0 saturated heterocycles. The van der Waals surface area contributed by atoms with Gasteiger partial charge in [0.15, 0.2) is 0 Å². The molecule has 0 atom stereocenters. The lowest BCUT2D eigenvalue weighted by Crippen LogP contribution is -1.91. The second-order valence-corrected chi connectivity index (χ2v) is 2.72. The van der Waals surface area contributed by atoms with Crippen molar-refractivity contribution < 1.29 is 0 Å². The summed E-state index contributed by atoms with van der Waals surface area (Å²) < 4.78 is 3.48. The van der Waals surface area contributed by atoms with Crippen molar-refractivity contribution in [2.24, 2.45) is 12.1 Å². The van der Waals surface area contributed by atoms with Crippen molar-refractivity contribution in [1.82, 2.24) is 14.5 Å². The van der Waals surface area contributed by atoms with E-state index in [-0.39, 0.29) is 0 Å². The highest BCUT2D eigenvalue weighted by Gasteiger charge is 1.90. The Kier molecular flexibility index (Phi) is 1.96. The molecule has 0 fully saturated rings. The molecule has 0 N–H and O–H groups in total. The second-order valence-electron chi connectivity index (χ2n) is 2.72. The molecule has 0 spiro atoms. The molecule has 0 unspecified atom stereocenters. The summed E-state index contributed by atoms with van der Waals surface area (Å²) in [7, 11) is 1.88. The summed E-state index contributed by atoms with van der Waals surface area (Å²) in [5.74, 6) is 0. The van der Waals surface area contributed by atoms with Crippen LogP contribution in [0.4, 0.5) is 0 Å². The molecule has 2 aromatic heterocycles. The monoisotopic (exact) mass is 174 g/mol. The summed E-state index contributed by atoms with van der Waals surface area (Å²) in [5, 5.41) is 8.33. The average molecular weight is 174 g/mol. The molecule has 2 heterocycles. The molecule has 0 aliphatic heterocycles. The number of rotatable bonds is 2. The summed E-state index contributed by atoms with van der Waals surface area (Å²) in [6.07, 6.45) is 7.36. The maximum atomic E-state index is 4.17.